The zero-order valence-corrected chi connectivity index (χ0v) is 13.2. The van der Waals surface area contributed by atoms with Gasteiger partial charge in [-0.1, -0.05) is 6.42 Å². The molecular weight excluding hydrogens is 286 g/mol. The Bertz CT molecular complexity index is 610. The van der Waals surface area contributed by atoms with Gasteiger partial charge in [0.1, 0.15) is 0 Å². The topological polar surface area (TPSA) is 75.4 Å². The van der Waals surface area contributed by atoms with Gasteiger partial charge in [0.15, 0.2) is 0 Å². The molecule has 1 aromatic rings. The molecule has 1 aromatic carbocycles. The van der Waals surface area contributed by atoms with E-state index in [9.17, 15) is 8.42 Å². The highest BCUT2D eigenvalue weighted by molar-refractivity contribution is 7.89. The largest absolute Gasteiger partial charge is 0.399 e. The van der Waals surface area contributed by atoms with Crippen molar-refractivity contribution in [3.8, 4) is 0 Å². The summed E-state index contributed by atoms with van der Waals surface area (Å²) in [4.78, 5) is 2.69. The van der Waals surface area contributed by atoms with Crippen LogP contribution in [0.15, 0.2) is 23.1 Å². The van der Waals surface area contributed by atoms with Crippen LogP contribution < -0.4 is 10.5 Å². The second kappa shape index (κ2) is 5.59. The lowest BCUT2D eigenvalue weighted by Gasteiger charge is -2.32. The highest BCUT2D eigenvalue weighted by atomic mass is 32.2. The average molecular weight is 309 g/mol. The summed E-state index contributed by atoms with van der Waals surface area (Å²) in [5.74, 6) is 0. The number of hydrogen-bond donors (Lipinski definition) is 2. The second-order valence-corrected chi connectivity index (χ2v) is 7.91. The van der Waals surface area contributed by atoms with Crippen molar-refractivity contribution in [1.82, 2.24) is 9.62 Å². The van der Waals surface area contributed by atoms with Crippen LogP contribution in [0.3, 0.4) is 0 Å². The molecule has 0 aliphatic carbocycles. The van der Waals surface area contributed by atoms with E-state index in [0.717, 1.165) is 31.5 Å². The summed E-state index contributed by atoms with van der Waals surface area (Å²) >= 11 is 0. The molecule has 0 saturated carbocycles. The molecule has 0 aromatic heterocycles. The Morgan fingerprint density at radius 3 is 2.76 bits per heavy atom. The molecule has 2 atom stereocenters. The monoisotopic (exact) mass is 309 g/mol. The number of aryl methyl sites for hydroxylation is 1. The van der Waals surface area contributed by atoms with Gasteiger partial charge in [0.2, 0.25) is 10.0 Å². The van der Waals surface area contributed by atoms with Gasteiger partial charge in [-0.3, -0.25) is 4.90 Å². The van der Waals surface area contributed by atoms with Crippen LogP contribution in [0.25, 0.3) is 0 Å². The fourth-order valence-corrected chi connectivity index (χ4v) is 5.03. The summed E-state index contributed by atoms with van der Waals surface area (Å²) in [6, 6.07) is 5.36. The predicted octanol–water partition coefficient (Wildman–Crippen LogP) is 1.48. The molecule has 2 unspecified atom stereocenters. The molecule has 21 heavy (non-hydrogen) atoms. The maximum atomic E-state index is 12.6. The van der Waals surface area contributed by atoms with E-state index in [0.29, 0.717) is 11.7 Å². The minimum absolute atomic E-state index is 0.0250. The average Bonchev–Trinajstić information content (AvgIpc) is 2.81. The number of sulfonamides is 1. The fraction of sp³-hybridized carbons (Fsp3) is 0.600. The molecule has 0 bridgehead atoms. The van der Waals surface area contributed by atoms with Gasteiger partial charge in [-0.15, -0.1) is 0 Å². The third kappa shape index (κ3) is 3.07. The molecule has 2 fully saturated rings. The van der Waals surface area contributed by atoms with E-state index in [4.69, 9.17) is 5.73 Å². The van der Waals surface area contributed by atoms with Crippen LogP contribution in [-0.2, 0) is 10.0 Å². The maximum absolute atomic E-state index is 12.6. The number of rotatable bonds is 3. The van der Waals surface area contributed by atoms with Crippen LogP contribution in [0, 0.1) is 6.92 Å². The highest BCUT2D eigenvalue weighted by Crippen LogP contribution is 2.28. The van der Waals surface area contributed by atoms with Gasteiger partial charge < -0.3 is 5.73 Å². The predicted molar refractivity (Wildman–Crippen MR) is 83.5 cm³/mol. The summed E-state index contributed by atoms with van der Waals surface area (Å²) in [6.07, 6.45) is 4.40. The Kier molecular flexibility index (Phi) is 3.94. The summed E-state index contributed by atoms with van der Waals surface area (Å²) in [5, 5.41) is 0. The van der Waals surface area contributed by atoms with Crippen molar-refractivity contribution >= 4 is 15.7 Å². The number of nitrogens with one attached hydrogen (secondary N) is 1. The number of hydrogen-bond acceptors (Lipinski definition) is 4. The zero-order chi connectivity index (χ0) is 15.0. The van der Waals surface area contributed by atoms with Crippen molar-refractivity contribution in [2.24, 2.45) is 0 Å². The Hall–Kier alpha value is -1.11. The number of fused-ring (bicyclic) bond motifs is 1. The standard InChI is InChI=1S/C15H23N3O2S/c1-11-8-12(16)10-13(9-11)21(19,20)17-14-5-7-18-6-3-2-4-15(14)18/h8-10,14-15,17H,2-7,16H2,1H3. The van der Waals surface area contributed by atoms with E-state index in [1.54, 1.807) is 12.1 Å². The van der Waals surface area contributed by atoms with E-state index in [-0.39, 0.29) is 10.9 Å². The van der Waals surface area contributed by atoms with Crippen molar-refractivity contribution in [3.05, 3.63) is 23.8 Å². The van der Waals surface area contributed by atoms with Gasteiger partial charge in [0.25, 0.3) is 0 Å². The lowest BCUT2D eigenvalue weighted by molar-refractivity contribution is 0.186. The molecule has 0 amide bonds. The Labute approximate surface area is 126 Å². The minimum Gasteiger partial charge on any atom is -0.399 e. The summed E-state index contributed by atoms with van der Waals surface area (Å²) in [5.41, 5.74) is 7.12. The maximum Gasteiger partial charge on any atom is 0.240 e. The molecule has 6 heteroatoms. The smallest absolute Gasteiger partial charge is 0.240 e. The van der Waals surface area contributed by atoms with Crippen molar-refractivity contribution in [2.45, 2.75) is 49.6 Å². The molecule has 3 rings (SSSR count). The first-order valence-electron chi connectivity index (χ1n) is 7.59. The van der Waals surface area contributed by atoms with Gasteiger partial charge in [-0.25, -0.2) is 13.1 Å². The normalized spacial score (nSPS) is 26.7. The SMILES string of the molecule is Cc1cc(N)cc(S(=O)(=O)NC2CCN3CCCCC23)c1. The number of nitrogens with two attached hydrogens (primary N) is 1. The third-order valence-corrected chi connectivity index (χ3v) is 6.02. The quantitative estimate of drug-likeness (QED) is 0.829. The first-order chi connectivity index (χ1) is 9.95. The molecule has 2 aliphatic rings. The van der Waals surface area contributed by atoms with Gasteiger partial charge in [0.05, 0.1) is 4.90 Å². The fourth-order valence-electron chi connectivity index (χ4n) is 3.58. The lowest BCUT2D eigenvalue weighted by atomic mass is 10.00. The van der Waals surface area contributed by atoms with Gasteiger partial charge in [0, 0.05) is 24.3 Å². The molecule has 2 heterocycles. The van der Waals surface area contributed by atoms with Crippen LogP contribution in [-0.4, -0.2) is 38.5 Å². The molecule has 2 aliphatic heterocycles. The van der Waals surface area contributed by atoms with E-state index >= 15 is 0 Å². The Morgan fingerprint density at radius 2 is 2.00 bits per heavy atom. The summed E-state index contributed by atoms with van der Waals surface area (Å²) in [6.45, 7) is 3.95. The lowest BCUT2D eigenvalue weighted by Crippen LogP contribution is -2.46. The van der Waals surface area contributed by atoms with Gasteiger partial charge in [-0.05, 0) is 56.5 Å². The number of anilines is 1. The van der Waals surface area contributed by atoms with Crippen LogP contribution >= 0.6 is 0 Å². The van der Waals surface area contributed by atoms with Crippen LogP contribution in [0.2, 0.25) is 0 Å². The molecule has 3 N–H and O–H groups in total. The minimum atomic E-state index is -3.50. The van der Waals surface area contributed by atoms with E-state index in [2.05, 4.69) is 9.62 Å². The first-order valence-corrected chi connectivity index (χ1v) is 9.07. The Morgan fingerprint density at radius 1 is 1.19 bits per heavy atom. The van der Waals surface area contributed by atoms with Crippen LogP contribution in [0.5, 0.6) is 0 Å². The molecule has 0 spiro atoms. The summed E-state index contributed by atoms with van der Waals surface area (Å²) < 4.78 is 28.1. The molecule has 116 valence electrons. The molecule has 0 radical (unpaired) electrons. The third-order valence-electron chi connectivity index (χ3n) is 4.55. The van der Waals surface area contributed by atoms with Gasteiger partial charge >= 0.3 is 0 Å². The highest BCUT2D eigenvalue weighted by Gasteiger charge is 2.37. The van der Waals surface area contributed by atoms with Gasteiger partial charge in [-0.2, -0.15) is 0 Å². The number of nitrogen functional groups attached to an aromatic ring is 1. The van der Waals surface area contributed by atoms with E-state index < -0.39 is 10.0 Å². The molecular formula is C15H23N3O2S. The molecule has 2 saturated heterocycles. The van der Waals surface area contributed by atoms with Crippen molar-refractivity contribution < 1.29 is 8.42 Å². The van der Waals surface area contributed by atoms with Crippen LogP contribution in [0.4, 0.5) is 5.69 Å². The number of benzene rings is 1. The second-order valence-electron chi connectivity index (χ2n) is 6.19. The summed E-state index contributed by atoms with van der Waals surface area (Å²) in [7, 11) is -3.50. The van der Waals surface area contributed by atoms with Crippen molar-refractivity contribution in [1.29, 1.82) is 0 Å². The van der Waals surface area contributed by atoms with E-state index in [1.807, 2.05) is 6.92 Å². The Balaban J connectivity index is 1.80. The zero-order valence-electron chi connectivity index (χ0n) is 12.4. The van der Waals surface area contributed by atoms with Crippen LogP contribution in [0.1, 0.15) is 31.2 Å². The number of piperidine rings is 1. The first kappa shape index (κ1) is 14.8. The van der Waals surface area contributed by atoms with Crippen molar-refractivity contribution in [2.75, 3.05) is 18.8 Å². The number of nitrogens with zero attached hydrogens (tertiary/aromatic N) is 1. The van der Waals surface area contributed by atoms with Crippen molar-refractivity contribution in [3.63, 3.8) is 0 Å². The molecule has 5 nitrogen and oxygen atoms in total. The van der Waals surface area contributed by atoms with E-state index in [1.165, 1.54) is 18.9 Å².